The Hall–Kier alpha value is -2.53. The number of rotatable bonds is 6. The van der Waals surface area contributed by atoms with Crippen LogP contribution in [0.4, 0.5) is 0 Å². The zero-order valence-corrected chi connectivity index (χ0v) is 14.4. The molecule has 5 heteroatoms. The molecule has 4 nitrogen and oxygen atoms in total. The first-order valence-electron chi connectivity index (χ1n) is 7.84. The van der Waals surface area contributed by atoms with Gasteiger partial charge in [0.05, 0.1) is 12.6 Å². The highest BCUT2D eigenvalue weighted by Crippen LogP contribution is 2.31. The fraction of sp³-hybridized carbons (Fsp3) is 0.211. The second-order valence-corrected chi connectivity index (χ2v) is 6.31. The van der Waals surface area contributed by atoms with Crippen molar-refractivity contribution < 1.29 is 13.9 Å². The molecule has 0 radical (unpaired) electrons. The van der Waals surface area contributed by atoms with Crippen molar-refractivity contribution in [1.29, 1.82) is 0 Å². The van der Waals surface area contributed by atoms with Crippen molar-refractivity contribution in [3.8, 4) is 5.75 Å². The summed E-state index contributed by atoms with van der Waals surface area (Å²) in [6.45, 7) is 4.41. The fourth-order valence-corrected chi connectivity index (χ4v) is 3.03. The molecular weight excluding hydrogens is 322 g/mol. The van der Waals surface area contributed by atoms with Gasteiger partial charge in [0.1, 0.15) is 5.76 Å². The molecule has 0 spiro atoms. The number of furan rings is 1. The third-order valence-corrected chi connectivity index (χ3v) is 4.39. The van der Waals surface area contributed by atoms with Gasteiger partial charge in [-0.15, -0.1) is 11.3 Å². The third kappa shape index (κ3) is 3.68. The van der Waals surface area contributed by atoms with Crippen molar-refractivity contribution in [1.82, 2.24) is 5.32 Å². The van der Waals surface area contributed by atoms with Gasteiger partial charge < -0.3 is 14.5 Å². The summed E-state index contributed by atoms with van der Waals surface area (Å²) in [6, 6.07) is 11.4. The number of benzene rings is 1. The number of hydrogen-bond donors (Lipinski definition) is 1. The molecule has 0 saturated heterocycles. The molecule has 1 N–H and O–H groups in total. The van der Waals surface area contributed by atoms with Crippen molar-refractivity contribution in [2.45, 2.75) is 19.9 Å². The smallest absolute Gasteiger partial charge is 0.244 e. The summed E-state index contributed by atoms with van der Waals surface area (Å²) >= 11 is 1.59. The number of amides is 1. The zero-order valence-electron chi connectivity index (χ0n) is 13.6. The summed E-state index contributed by atoms with van der Waals surface area (Å²) in [5.74, 6) is 1.27. The molecule has 2 heterocycles. The Balaban J connectivity index is 1.72. The van der Waals surface area contributed by atoms with E-state index < -0.39 is 0 Å². The minimum absolute atomic E-state index is 0.151. The lowest BCUT2D eigenvalue weighted by Gasteiger charge is -2.09. The van der Waals surface area contributed by atoms with Crippen molar-refractivity contribution in [2.75, 3.05) is 6.61 Å². The summed E-state index contributed by atoms with van der Waals surface area (Å²) in [5.41, 5.74) is 0.713. The van der Waals surface area contributed by atoms with Crippen LogP contribution in [0.25, 0.3) is 17.0 Å². The van der Waals surface area contributed by atoms with Crippen LogP contribution < -0.4 is 10.1 Å². The molecule has 1 unspecified atom stereocenters. The number of carbonyl (C=O) groups excluding carboxylic acids is 1. The van der Waals surface area contributed by atoms with Crippen LogP contribution in [-0.2, 0) is 4.79 Å². The van der Waals surface area contributed by atoms with E-state index in [0.29, 0.717) is 18.0 Å². The van der Waals surface area contributed by atoms with Crippen LogP contribution in [0.2, 0.25) is 0 Å². The zero-order chi connectivity index (χ0) is 16.9. The van der Waals surface area contributed by atoms with E-state index in [4.69, 9.17) is 9.15 Å². The largest absolute Gasteiger partial charge is 0.490 e. The Labute approximate surface area is 144 Å². The van der Waals surface area contributed by atoms with Gasteiger partial charge in [-0.05, 0) is 43.5 Å². The minimum atomic E-state index is -0.229. The maximum absolute atomic E-state index is 12.0. The lowest BCUT2D eigenvalue weighted by molar-refractivity contribution is -0.117. The minimum Gasteiger partial charge on any atom is -0.490 e. The Morgan fingerprint density at radius 3 is 3.00 bits per heavy atom. The summed E-state index contributed by atoms with van der Waals surface area (Å²) in [4.78, 5) is 13.1. The number of carbonyl (C=O) groups is 1. The van der Waals surface area contributed by atoms with Crippen molar-refractivity contribution in [3.63, 3.8) is 0 Å². The van der Waals surface area contributed by atoms with Crippen molar-refractivity contribution in [3.05, 3.63) is 58.5 Å². The SMILES string of the molecule is CCOc1cccc2cc(C(C)NC(=O)/C=C/c3cccs3)oc12. The summed E-state index contributed by atoms with van der Waals surface area (Å²) < 4.78 is 11.5. The second-order valence-electron chi connectivity index (χ2n) is 5.34. The second kappa shape index (κ2) is 7.36. The van der Waals surface area contributed by atoms with E-state index in [9.17, 15) is 4.79 Å². The predicted molar refractivity (Wildman–Crippen MR) is 97.3 cm³/mol. The number of hydrogen-bond acceptors (Lipinski definition) is 4. The van der Waals surface area contributed by atoms with Gasteiger partial charge in [0.2, 0.25) is 5.91 Å². The third-order valence-electron chi connectivity index (χ3n) is 3.55. The maximum Gasteiger partial charge on any atom is 0.244 e. The molecule has 24 heavy (non-hydrogen) atoms. The molecule has 0 bridgehead atoms. The number of fused-ring (bicyclic) bond motifs is 1. The molecule has 2 aromatic heterocycles. The molecule has 0 saturated carbocycles. The fourth-order valence-electron chi connectivity index (χ4n) is 2.42. The highest BCUT2D eigenvalue weighted by Gasteiger charge is 2.15. The first-order chi connectivity index (χ1) is 11.7. The molecule has 3 rings (SSSR count). The van der Waals surface area contributed by atoms with E-state index in [0.717, 1.165) is 16.0 Å². The van der Waals surface area contributed by atoms with Crippen LogP contribution >= 0.6 is 11.3 Å². The molecule has 0 aliphatic heterocycles. The van der Waals surface area contributed by atoms with Crippen LogP contribution in [0.1, 0.15) is 30.5 Å². The molecule has 1 amide bonds. The van der Waals surface area contributed by atoms with E-state index in [1.807, 2.05) is 55.6 Å². The maximum atomic E-state index is 12.0. The van der Waals surface area contributed by atoms with Crippen molar-refractivity contribution in [2.24, 2.45) is 0 Å². The lowest BCUT2D eigenvalue weighted by atomic mass is 10.2. The van der Waals surface area contributed by atoms with Crippen molar-refractivity contribution >= 4 is 34.3 Å². The normalized spacial score (nSPS) is 12.6. The number of ether oxygens (including phenoxy) is 1. The highest BCUT2D eigenvalue weighted by molar-refractivity contribution is 7.10. The molecule has 1 aromatic carbocycles. The highest BCUT2D eigenvalue weighted by atomic mass is 32.1. The van der Waals surface area contributed by atoms with Gasteiger partial charge in [-0.3, -0.25) is 4.79 Å². The molecule has 3 aromatic rings. The number of thiophene rings is 1. The van der Waals surface area contributed by atoms with Gasteiger partial charge in [-0.2, -0.15) is 0 Å². The van der Waals surface area contributed by atoms with Crippen LogP contribution in [0.5, 0.6) is 5.75 Å². The molecule has 124 valence electrons. The predicted octanol–water partition coefficient (Wildman–Crippen LogP) is 4.78. The summed E-state index contributed by atoms with van der Waals surface area (Å²) in [5, 5.41) is 5.86. The molecule has 0 fully saturated rings. The standard InChI is InChI=1S/C19H19NO3S/c1-3-22-16-8-4-6-14-12-17(23-19(14)16)13(2)20-18(21)10-9-15-7-5-11-24-15/h4-13H,3H2,1-2H3,(H,20,21)/b10-9+. The summed E-state index contributed by atoms with van der Waals surface area (Å²) in [7, 11) is 0. The summed E-state index contributed by atoms with van der Waals surface area (Å²) in [6.07, 6.45) is 3.34. The van der Waals surface area contributed by atoms with E-state index >= 15 is 0 Å². The van der Waals surface area contributed by atoms with Gasteiger partial charge in [0, 0.05) is 16.3 Å². The lowest BCUT2D eigenvalue weighted by Crippen LogP contribution is -2.24. The Bertz CT molecular complexity index is 849. The van der Waals surface area contributed by atoms with Gasteiger partial charge >= 0.3 is 0 Å². The topological polar surface area (TPSA) is 51.5 Å². The van der Waals surface area contributed by atoms with E-state index in [2.05, 4.69) is 5.32 Å². The molecule has 1 atom stereocenters. The molecule has 0 aliphatic carbocycles. The Morgan fingerprint density at radius 1 is 1.38 bits per heavy atom. The van der Waals surface area contributed by atoms with Gasteiger partial charge in [0.15, 0.2) is 11.3 Å². The number of para-hydroxylation sites is 1. The van der Waals surface area contributed by atoms with Gasteiger partial charge in [-0.25, -0.2) is 0 Å². The van der Waals surface area contributed by atoms with Crippen LogP contribution in [0.15, 0.2) is 52.3 Å². The van der Waals surface area contributed by atoms with Gasteiger partial charge in [0.25, 0.3) is 0 Å². The van der Waals surface area contributed by atoms with E-state index in [1.54, 1.807) is 17.4 Å². The van der Waals surface area contributed by atoms with Crippen LogP contribution in [-0.4, -0.2) is 12.5 Å². The Kier molecular flexibility index (Phi) is 5.01. The first kappa shape index (κ1) is 16.3. The Morgan fingerprint density at radius 2 is 2.25 bits per heavy atom. The number of nitrogens with one attached hydrogen (secondary N) is 1. The monoisotopic (exact) mass is 341 g/mol. The van der Waals surface area contributed by atoms with Crippen LogP contribution in [0.3, 0.4) is 0 Å². The molecular formula is C19H19NO3S. The average Bonchev–Trinajstić information content (AvgIpc) is 3.23. The van der Waals surface area contributed by atoms with E-state index in [-0.39, 0.29) is 11.9 Å². The average molecular weight is 341 g/mol. The quantitative estimate of drug-likeness (QED) is 0.656. The molecule has 0 aliphatic rings. The van der Waals surface area contributed by atoms with Crippen LogP contribution in [0, 0.1) is 0 Å². The van der Waals surface area contributed by atoms with E-state index in [1.165, 1.54) is 6.08 Å². The van der Waals surface area contributed by atoms with Gasteiger partial charge in [-0.1, -0.05) is 18.2 Å². The first-order valence-corrected chi connectivity index (χ1v) is 8.72.